The lowest BCUT2D eigenvalue weighted by Gasteiger charge is -2.31. The van der Waals surface area contributed by atoms with E-state index in [0.717, 1.165) is 23.0 Å². The first kappa shape index (κ1) is 15.5. The second-order valence-electron chi connectivity index (χ2n) is 5.39. The van der Waals surface area contributed by atoms with Gasteiger partial charge in [-0.15, -0.1) is 0 Å². The highest BCUT2D eigenvalue weighted by atomic mass is 79.9. The van der Waals surface area contributed by atoms with Crippen LogP contribution in [0.15, 0.2) is 28.7 Å². The number of nitrogens with one attached hydrogen (secondary N) is 1. The van der Waals surface area contributed by atoms with Crippen LogP contribution in [0.25, 0.3) is 0 Å². The van der Waals surface area contributed by atoms with Crippen molar-refractivity contribution in [3.05, 3.63) is 34.3 Å². The minimum atomic E-state index is -0.412. The average Bonchev–Trinajstić information content (AvgIpc) is 2.90. The Kier molecular flexibility index (Phi) is 5.18. The monoisotopic (exact) mass is 340 g/mol. The standard InChI is InChI=1S/C15H21BrN2O2/c1-18(9-12-5-3-4-6-13(12)16)14(19)15(11-20-2)7-8-17-10-15/h3-6,17H,7-11H2,1-2H3. The smallest absolute Gasteiger partial charge is 0.232 e. The van der Waals surface area contributed by atoms with Gasteiger partial charge >= 0.3 is 0 Å². The molecule has 1 aliphatic heterocycles. The molecule has 1 amide bonds. The van der Waals surface area contributed by atoms with E-state index in [1.54, 1.807) is 12.0 Å². The van der Waals surface area contributed by atoms with Crippen LogP contribution in [0.2, 0.25) is 0 Å². The van der Waals surface area contributed by atoms with Crippen LogP contribution in [0.4, 0.5) is 0 Å². The average molecular weight is 341 g/mol. The van der Waals surface area contributed by atoms with Crippen molar-refractivity contribution in [2.45, 2.75) is 13.0 Å². The third-order valence-corrected chi connectivity index (χ3v) is 4.60. The normalized spacial score (nSPS) is 21.9. The Balaban J connectivity index is 2.10. The van der Waals surface area contributed by atoms with Crippen LogP contribution in [0, 0.1) is 5.41 Å². The van der Waals surface area contributed by atoms with Crippen LogP contribution >= 0.6 is 15.9 Å². The fourth-order valence-electron chi connectivity index (χ4n) is 2.75. The molecule has 1 heterocycles. The predicted octanol–water partition coefficient (Wildman–Crippen LogP) is 2.03. The first-order chi connectivity index (χ1) is 9.59. The van der Waals surface area contributed by atoms with Gasteiger partial charge in [-0.2, -0.15) is 0 Å². The molecule has 1 saturated heterocycles. The maximum absolute atomic E-state index is 12.8. The molecule has 1 N–H and O–H groups in total. The molecule has 0 radical (unpaired) electrons. The predicted molar refractivity (Wildman–Crippen MR) is 82.4 cm³/mol. The molecule has 1 aliphatic rings. The van der Waals surface area contributed by atoms with E-state index < -0.39 is 5.41 Å². The number of hydrogen-bond acceptors (Lipinski definition) is 3. The van der Waals surface area contributed by atoms with Crippen LogP contribution < -0.4 is 5.32 Å². The van der Waals surface area contributed by atoms with Crippen LogP contribution in [-0.4, -0.2) is 44.7 Å². The number of halogens is 1. The molecular weight excluding hydrogens is 320 g/mol. The Morgan fingerprint density at radius 2 is 2.25 bits per heavy atom. The number of carbonyl (C=O) groups is 1. The van der Waals surface area contributed by atoms with Gasteiger partial charge in [0, 0.05) is 31.7 Å². The fraction of sp³-hybridized carbons (Fsp3) is 0.533. The maximum atomic E-state index is 12.8. The van der Waals surface area contributed by atoms with Gasteiger partial charge in [0.05, 0.1) is 12.0 Å². The van der Waals surface area contributed by atoms with Gasteiger partial charge < -0.3 is 15.0 Å². The second-order valence-corrected chi connectivity index (χ2v) is 6.25. The Hall–Kier alpha value is -0.910. The third-order valence-electron chi connectivity index (χ3n) is 3.83. The topological polar surface area (TPSA) is 41.6 Å². The lowest BCUT2D eigenvalue weighted by Crippen LogP contribution is -2.46. The molecule has 1 aromatic rings. The molecule has 0 aliphatic carbocycles. The summed E-state index contributed by atoms with van der Waals surface area (Å²) in [6, 6.07) is 7.99. The number of benzene rings is 1. The molecule has 1 atom stereocenters. The molecule has 1 unspecified atom stereocenters. The number of nitrogens with zero attached hydrogens (tertiary/aromatic N) is 1. The summed E-state index contributed by atoms with van der Waals surface area (Å²) in [5.41, 5.74) is 0.701. The quantitative estimate of drug-likeness (QED) is 0.891. The number of methoxy groups -OCH3 is 1. The zero-order chi connectivity index (χ0) is 14.6. The highest BCUT2D eigenvalue weighted by molar-refractivity contribution is 9.10. The summed E-state index contributed by atoms with van der Waals surface area (Å²) in [7, 11) is 3.51. The molecule has 0 saturated carbocycles. The zero-order valence-corrected chi connectivity index (χ0v) is 13.6. The minimum absolute atomic E-state index is 0.153. The Morgan fingerprint density at radius 3 is 2.85 bits per heavy atom. The van der Waals surface area contributed by atoms with Gasteiger partial charge in [0.2, 0.25) is 5.91 Å². The third kappa shape index (κ3) is 3.22. The van der Waals surface area contributed by atoms with Gasteiger partial charge in [-0.3, -0.25) is 4.79 Å². The van der Waals surface area contributed by atoms with Crippen LogP contribution in [0.1, 0.15) is 12.0 Å². The molecule has 2 rings (SSSR count). The van der Waals surface area contributed by atoms with E-state index in [-0.39, 0.29) is 5.91 Å². The SMILES string of the molecule is COCC1(C(=O)N(C)Cc2ccccc2Br)CCNC1. The Labute approximate surface area is 128 Å². The molecule has 1 aromatic carbocycles. The summed E-state index contributed by atoms with van der Waals surface area (Å²) in [5.74, 6) is 0.153. The van der Waals surface area contributed by atoms with Crippen molar-refractivity contribution >= 4 is 21.8 Å². The highest BCUT2D eigenvalue weighted by Gasteiger charge is 2.42. The minimum Gasteiger partial charge on any atom is -0.384 e. The summed E-state index contributed by atoms with van der Waals surface area (Å²) in [5, 5.41) is 3.27. The highest BCUT2D eigenvalue weighted by Crippen LogP contribution is 2.29. The van der Waals surface area contributed by atoms with Crippen molar-refractivity contribution in [1.29, 1.82) is 0 Å². The van der Waals surface area contributed by atoms with Crippen molar-refractivity contribution in [2.24, 2.45) is 5.41 Å². The van der Waals surface area contributed by atoms with E-state index in [4.69, 9.17) is 4.74 Å². The molecule has 1 fully saturated rings. The van der Waals surface area contributed by atoms with Crippen LogP contribution in [0.5, 0.6) is 0 Å². The molecule has 0 spiro atoms. The van der Waals surface area contributed by atoms with E-state index in [0.29, 0.717) is 19.7 Å². The van der Waals surface area contributed by atoms with E-state index in [9.17, 15) is 4.79 Å². The zero-order valence-electron chi connectivity index (χ0n) is 12.0. The van der Waals surface area contributed by atoms with Crippen molar-refractivity contribution in [3.8, 4) is 0 Å². The van der Waals surface area contributed by atoms with Gasteiger partial charge in [0.15, 0.2) is 0 Å². The maximum Gasteiger partial charge on any atom is 0.232 e. The van der Waals surface area contributed by atoms with Gasteiger partial charge in [-0.05, 0) is 24.6 Å². The second kappa shape index (κ2) is 6.70. The molecule has 110 valence electrons. The lowest BCUT2D eigenvalue weighted by molar-refractivity contribution is -0.143. The number of amides is 1. The van der Waals surface area contributed by atoms with E-state index in [1.807, 2.05) is 31.3 Å². The number of hydrogen-bond donors (Lipinski definition) is 1. The Bertz CT molecular complexity index is 473. The number of ether oxygens (including phenoxy) is 1. The molecule has 5 heteroatoms. The van der Waals surface area contributed by atoms with Crippen molar-refractivity contribution in [1.82, 2.24) is 10.2 Å². The fourth-order valence-corrected chi connectivity index (χ4v) is 3.16. The van der Waals surface area contributed by atoms with E-state index in [1.165, 1.54) is 0 Å². The number of carbonyl (C=O) groups excluding carboxylic acids is 1. The van der Waals surface area contributed by atoms with Crippen LogP contribution in [0.3, 0.4) is 0 Å². The molecule has 4 nitrogen and oxygen atoms in total. The van der Waals surface area contributed by atoms with Gasteiger partial charge in [0.25, 0.3) is 0 Å². The van der Waals surface area contributed by atoms with Gasteiger partial charge in [-0.1, -0.05) is 34.1 Å². The summed E-state index contributed by atoms with van der Waals surface area (Å²) in [4.78, 5) is 14.6. The summed E-state index contributed by atoms with van der Waals surface area (Å²) >= 11 is 3.53. The van der Waals surface area contributed by atoms with E-state index in [2.05, 4.69) is 21.2 Å². The largest absolute Gasteiger partial charge is 0.384 e. The summed E-state index contributed by atoms with van der Waals surface area (Å²) in [6.07, 6.45) is 0.833. The molecular formula is C15H21BrN2O2. The molecule has 20 heavy (non-hydrogen) atoms. The Morgan fingerprint density at radius 1 is 1.50 bits per heavy atom. The molecule has 0 bridgehead atoms. The van der Waals surface area contributed by atoms with E-state index >= 15 is 0 Å². The first-order valence-corrected chi connectivity index (χ1v) is 7.57. The van der Waals surface area contributed by atoms with Crippen molar-refractivity contribution < 1.29 is 9.53 Å². The van der Waals surface area contributed by atoms with Crippen molar-refractivity contribution in [2.75, 3.05) is 33.9 Å². The molecule has 0 aromatic heterocycles. The lowest BCUT2D eigenvalue weighted by atomic mass is 9.86. The number of rotatable bonds is 5. The van der Waals surface area contributed by atoms with Gasteiger partial charge in [0.1, 0.15) is 0 Å². The first-order valence-electron chi connectivity index (χ1n) is 6.78. The van der Waals surface area contributed by atoms with Crippen molar-refractivity contribution in [3.63, 3.8) is 0 Å². The van der Waals surface area contributed by atoms with Crippen LogP contribution in [-0.2, 0) is 16.1 Å². The van der Waals surface area contributed by atoms with Gasteiger partial charge in [-0.25, -0.2) is 0 Å². The summed E-state index contributed by atoms with van der Waals surface area (Å²) < 4.78 is 6.31. The summed E-state index contributed by atoms with van der Waals surface area (Å²) in [6.45, 7) is 2.64.